The van der Waals surface area contributed by atoms with E-state index >= 15 is 0 Å². The van der Waals surface area contributed by atoms with Gasteiger partial charge >= 0.3 is 0 Å². The molecule has 0 bridgehead atoms. The monoisotopic (exact) mass is 321 g/mol. The van der Waals surface area contributed by atoms with Crippen molar-refractivity contribution in [1.82, 2.24) is 5.32 Å². The number of methoxy groups -OCH3 is 1. The van der Waals surface area contributed by atoms with Gasteiger partial charge in [-0.1, -0.05) is 23.2 Å². The van der Waals surface area contributed by atoms with Gasteiger partial charge < -0.3 is 19.9 Å². The molecule has 1 unspecified atom stereocenters. The minimum Gasteiger partial charge on any atom is -0.479 e. The fourth-order valence-corrected chi connectivity index (χ4v) is 2.09. The highest BCUT2D eigenvalue weighted by Crippen LogP contribution is 2.33. The molecule has 0 aliphatic rings. The third-order valence-electron chi connectivity index (χ3n) is 2.52. The van der Waals surface area contributed by atoms with Gasteiger partial charge in [0.25, 0.3) is 5.91 Å². The third-order valence-corrected chi connectivity index (χ3v) is 3.02. The predicted molar refractivity (Wildman–Crippen MR) is 77.4 cm³/mol. The Morgan fingerprint density at radius 2 is 2.15 bits per heavy atom. The first-order valence-electron chi connectivity index (χ1n) is 6.01. The number of ether oxygens (including phenoxy) is 2. The maximum absolute atomic E-state index is 11.8. The second-order valence-electron chi connectivity index (χ2n) is 4.08. The number of rotatable bonds is 7. The van der Waals surface area contributed by atoms with E-state index in [-0.39, 0.29) is 23.3 Å². The van der Waals surface area contributed by atoms with Crippen molar-refractivity contribution >= 4 is 29.1 Å². The molecule has 1 aromatic carbocycles. The Kier molecular flexibility index (Phi) is 7.09. The highest BCUT2D eigenvalue weighted by Gasteiger charge is 2.18. The molecule has 0 aliphatic heterocycles. The summed E-state index contributed by atoms with van der Waals surface area (Å²) in [6.07, 6.45) is -0.754. The van der Waals surface area contributed by atoms with Gasteiger partial charge in [-0.25, -0.2) is 0 Å². The summed E-state index contributed by atoms with van der Waals surface area (Å²) < 4.78 is 10.3. The van der Waals surface area contributed by atoms with Crippen LogP contribution in [0.3, 0.4) is 0 Å². The largest absolute Gasteiger partial charge is 0.479 e. The molecule has 0 heterocycles. The fourth-order valence-electron chi connectivity index (χ4n) is 1.51. The first kappa shape index (κ1) is 17.0. The molecule has 0 fully saturated rings. The lowest BCUT2D eigenvalue weighted by atomic mass is 10.2. The van der Waals surface area contributed by atoms with Crippen molar-refractivity contribution < 1.29 is 19.4 Å². The molecule has 0 radical (unpaired) electrons. The molecular formula is C13H17Cl2NO4. The molecule has 7 heteroatoms. The molecule has 5 nitrogen and oxygen atoms in total. The summed E-state index contributed by atoms with van der Waals surface area (Å²) in [5.74, 6) is -0.0371. The number of benzene rings is 1. The summed E-state index contributed by atoms with van der Waals surface area (Å²) in [6.45, 7) is 2.12. The Morgan fingerprint density at radius 1 is 1.45 bits per heavy atom. The molecule has 0 aromatic heterocycles. The van der Waals surface area contributed by atoms with Crippen LogP contribution in [0.1, 0.15) is 12.5 Å². The molecule has 112 valence electrons. The molecule has 1 aromatic rings. The summed E-state index contributed by atoms with van der Waals surface area (Å²) in [4.78, 5) is 11.8. The van der Waals surface area contributed by atoms with Crippen LogP contribution in [0.4, 0.5) is 0 Å². The van der Waals surface area contributed by atoms with E-state index in [1.165, 1.54) is 12.1 Å². The number of hydrogen-bond acceptors (Lipinski definition) is 4. The van der Waals surface area contributed by atoms with E-state index in [1.807, 2.05) is 0 Å². The van der Waals surface area contributed by atoms with Gasteiger partial charge in [0.15, 0.2) is 6.10 Å². The summed E-state index contributed by atoms with van der Waals surface area (Å²) in [7, 11) is 1.55. The molecule has 0 aliphatic carbocycles. The van der Waals surface area contributed by atoms with E-state index in [4.69, 9.17) is 32.7 Å². The van der Waals surface area contributed by atoms with Gasteiger partial charge in [0.05, 0.1) is 18.2 Å². The molecule has 0 saturated carbocycles. The number of amides is 1. The zero-order valence-corrected chi connectivity index (χ0v) is 12.8. The van der Waals surface area contributed by atoms with Gasteiger partial charge in [-0.15, -0.1) is 0 Å². The van der Waals surface area contributed by atoms with Crippen LogP contribution in [-0.2, 0) is 16.1 Å². The van der Waals surface area contributed by atoms with Gasteiger partial charge in [0.1, 0.15) is 5.75 Å². The van der Waals surface area contributed by atoms with Crippen molar-refractivity contribution in [2.24, 2.45) is 0 Å². The Labute approximate surface area is 127 Å². The molecule has 1 amide bonds. The predicted octanol–water partition coefficient (Wildman–Crippen LogP) is 2.02. The summed E-state index contributed by atoms with van der Waals surface area (Å²) in [5.41, 5.74) is 0.430. The van der Waals surface area contributed by atoms with Crippen molar-refractivity contribution in [2.45, 2.75) is 19.6 Å². The minimum absolute atomic E-state index is 0.248. The van der Waals surface area contributed by atoms with Gasteiger partial charge in [-0.05, 0) is 19.1 Å². The van der Waals surface area contributed by atoms with E-state index in [2.05, 4.69) is 5.32 Å². The molecule has 0 spiro atoms. The summed E-state index contributed by atoms with van der Waals surface area (Å²) in [6, 6.07) is 3.03. The maximum atomic E-state index is 11.8. The van der Waals surface area contributed by atoms with Crippen molar-refractivity contribution in [2.75, 3.05) is 20.3 Å². The van der Waals surface area contributed by atoms with Crippen LogP contribution in [0.25, 0.3) is 0 Å². The molecule has 0 saturated heterocycles. The van der Waals surface area contributed by atoms with Crippen LogP contribution in [0.2, 0.25) is 10.0 Å². The first-order chi connectivity index (χ1) is 9.49. The van der Waals surface area contributed by atoms with Crippen LogP contribution in [0.5, 0.6) is 5.75 Å². The van der Waals surface area contributed by atoms with E-state index in [1.54, 1.807) is 14.0 Å². The highest BCUT2D eigenvalue weighted by molar-refractivity contribution is 6.35. The second-order valence-corrected chi connectivity index (χ2v) is 4.92. The Bertz CT molecular complexity index is 468. The zero-order chi connectivity index (χ0) is 15.1. The topological polar surface area (TPSA) is 67.8 Å². The summed E-state index contributed by atoms with van der Waals surface area (Å²) in [5, 5.41) is 12.6. The van der Waals surface area contributed by atoms with Crippen LogP contribution in [0, 0.1) is 0 Å². The standard InChI is InChI=1S/C13H17Cl2NO4/c1-8(13(18)16-3-4-19-2)20-12-9(7-17)5-10(14)6-11(12)15/h5-6,8,17H,3-4,7H2,1-2H3,(H,16,18). The highest BCUT2D eigenvalue weighted by atomic mass is 35.5. The third kappa shape index (κ3) is 4.83. The lowest BCUT2D eigenvalue weighted by molar-refractivity contribution is -0.127. The van der Waals surface area contributed by atoms with Gasteiger partial charge in [0, 0.05) is 24.2 Å². The Balaban J connectivity index is 2.74. The van der Waals surface area contributed by atoms with Crippen LogP contribution >= 0.6 is 23.2 Å². The van der Waals surface area contributed by atoms with Crippen molar-refractivity contribution in [3.05, 3.63) is 27.7 Å². The normalized spacial score (nSPS) is 12.1. The van der Waals surface area contributed by atoms with E-state index in [0.717, 1.165) is 0 Å². The molecule has 1 rings (SSSR count). The second kappa shape index (κ2) is 8.32. The van der Waals surface area contributed by atoms with Crippen LogP contribution in [-0.4, -0.2) is 37.4 Å². The average molecular weight is 322 g/mol. The van der Waals surface area contributed by atoms with Crippen molar-refractivity contribution in [1.29, 1.82) is 0 Å². The SMILES string of the molecule is COCCNC(=O)C(C)Oc1c(Cl)cc(Cl)cc1CO. The average Bonchev–Trinajstić information content (AvgIpc) is 2.41. The van der Waals surface area contributed by atoms with E-state index in [0.29, 0.717) is 23.7 Å². The fraction of sp³-hybridized carbons (Fsp3) is 0.462. The molecule has 2 N–H and O–H groups in total. The number of aliphatic hydroxyl groups is 1. The Morgan fingerprint density at radius 3 is 2.75 bits per heavy atom. The van der Waals surface area contributed by atoms with E-state index < -0.39 is 6.10 Å². The minimum atomic E-state index is -0.754. The quantitative estimate of drug-likeness (QED) is 0.754. The van der Waals surface area contributed by atoms with Crippen LogP contribution < -0.4 is 10.1 Å². The first-order valence-corrected chi connectivity index (χ1v) is 6.77. The maximum Gasteiger partial charge on any atom is 0.260 e. The number of halogens is 2. The number of hydrogen-bond donors (Lipinski definition) is 2. The Hall–Kier alpha value is -1.01. The molecule has 20 heavy (non-hydrogen) atoms. The van der Waals surface area contributed by atoms with Gasteiger partial charge in [0.2, 0.25) is 0 Å². The zero-order valence-electron chi connectivity index (χ0n) is 11.3. The summed E-state index contributed by atoms with van der Waals surface area (Å²) >= 11 is 11.9. The number of carbonyl (C=O) groups is 1. The smallest absolute Gasteiger partial charge is 0.260 e. The van der Waals surface area contributed by atoms with Crippen molar-refractivity contribution in [3.63, 3.8) is 0 Å². The lowest BCUT2D eigenvalue weighted by Gasteiger charge is -2.18. The number of carbonyl (C=O) groups excluding carboxylic acids is 1. The number of aliphatic hydroxyl groups excluding tert-OH is 1. The van der Waals surface area contributed by atoms with Gasteiger partial charge in [-0.2, -0.15) is 0 Å². The molecular weight excluding hydrogens is 305 g/mol. The van der Waals surface area contributed by atoms with Crippen molar-refractivity contribution in [3.8, 4) is 5.75 Å². The van der Waals surface area contributed by atoms with Crippen LogP contribution in [0.15, 0.2) is 12.1 Å². The number of nitrogens with one attached hydrogen (secondary N) is 1. The van der Waals surface area contributed by atoms with E-state index in [9.17, 15) is 9.90 Å². The van der Waals surface area contributed by atoms with Gasteiger partial charge in [-0.3, -0.25) is 4.79 Å². The molecule has 1 atom stereocenters. The lowest BCUT2D eigenvalue weighted by Crippen LogP contribution is -2.38.